The van der Waals surface area contributed by atoms with Gasteiger partial charge in [0.15, 0.2) is 0 Å². The number of carbonyl (C=O) groups is 2. The number of hydrogen-bond donors (Lipinski definition) is 1. The Balaban J connectivity index is 0. The minimum atomic E-state index is -0.444. The summed E-state index contributed by atoms with van der Waals surface area (Å²) in [4.78, 5) is 21.5. The maximum atomic E-state index is 10.8. The molecule has 6 heteroatoms. The first-order chi connectivity index (χ1) is 9.89. The maximum Gasteiger partial charge on any atom is 0.336 e. The lowest BCUT2D eigenvalue weighted by Gasteiger charge is -2.09. The third-order valence-electron chi connectivity index (χ3n) is 2.69. The van der Waals surface area contributed by atoms with E-state index in [0.29, 0.717) is 17.6 Å². The van der Waals surface area contributed by atoms with Crippen molar-refractivity contribution in [3.8, 4) is 0 Å². The fourth-order valence-corrected chi connectivity index (χ4v) is 1.16. The van der Waals surface area contributed by atoms with Crippen LogP contribution in [-0.4, -0.2) is 44.5 Å². The third kappa shape index (κ3) is 9.67. The van der Waals surface area contributed by atoms with Gasteiger partial charge in [-0.2, -0.15) is 0 Å². The summed E-state index contributed by atoms with van der Waals surface area (Å²) in [6, 6.07) is 0. The summed E-state index contributed by atoms with van der Waals surface area (Å²) >= 11 is 0. The molecule has 21 heavy (non-hydrogen) atoms. The second-order valence-electron chi connectivity index (χ2n) is 4.14. The van der Waals surface area contributed by atoms with Gasteiger partial charge in [-0.15, -0.1) is 0 Å². The Morgan fingerprint density at radius 3 is 2.05 bits per heavy atom. The number of esters is 2. The van der Waals surface area contributed by atoms with Crippen LogP contribution in [0.5, 0.6) is 0 Å². The summed E-state index contributed by atoms with van der Waals surface area (Å²) in [6.45, 7) is 7.25. The molecule has 0 saturated carbocycles. The standard InChI is InChI=1S/C8H14O3.C7H12O3/c1-3-4-5-7(6-9)8(10)11-2;1-5(6(2)9-3)7(8)10-4/h6,9H,3-5H2,1-2H3;6H,1H2,2-4H3. The molecule has 0 aliphatic heterocycles. The third-order valence-corrected chi connectivity index (χ3v) is 2.69. The van der Waals surface area contributed by atoms with Crippen molar-refractivity contribution < 1.29 is 28.9 Å². The second-order valence-corrected chi connectivity index (χ2v) is 4.14. The zero-order valence-corrected chi connectivity index (χ0v) is 13.5. The van der Waals surface area contributed by atoms with Crippen LogP contribution < -0.4 is 0 Å². The van der Waals surface area contributed by atoms with Crippen molar-refractivity contribution in [2.45, 2.75) is 39.2 Å². The molecule has 0 aromatic rings. The van der Waals surface area contributed by atoms with Crippen LogP contribution >= 0.6 is 0 Å². The molecule has 1 unspecified atom stereocenters. The van der Waals surface area contributed by atoms with E-state index in [1.807, 2.05) is 6.92 Å². The minimum absolute atomic E-state index is 0.271. The number of methoxy groups -OCH3 is 3. The Morgan fingerprint density at radius 1 is 1.19 bits per heavy atom. The van der Waals surface area contributed by atoms with E-state index < -0.39 is 11.9 Å². The van der Waals surface area contributed by atoms with Gasteiger partial charge < -0.3 is 19.3 Å². The molecule has 122 valence electrons. The van der Waals surface area contributed by atoms with Crippen LogP contribution in [0.1, 0.15) is 33.1 Å². The van der Waals surface area contributed by atoms with Gasteiger partial charge in [-0.3, -0.25) is 0 Å². The van der Waals surface area contributed by atoms with Crippen LogP contribution in [0.4, 0.5) is 0 Å². The normalized spacial score (nSPS) is 11.8. The van der Waals surface area contributed by atoms with E-state index in [1.54, 1.807) is 6.92 Å². The predicted octanol–water partition coefficient (Wildman–Crippen LogP) is 2.54. The molecule has 6 nitrogen and oxygen atoms in total. The molecule has 1 N–H and O–H groups in total. The molecule has 0 aliphatic rings. The Hall–Kier alpha value is -1.82. The molecule has 0 aliphatic carbocycles. The van der Waals surface area contributed by atoms with Gasteiger partial charge in [0.25, 0.3) is 0 Å². The van der Waals surface area contributed by atoms with Crippen LogP contribution in [0.15, 0.2) is 24.0 Å². The van der Waals surface area contributed by atoms with Crippen LogP contribution in [-0.2, 0) is 23.8 Å². The summed E-state index contributed by atoms with van der Waals surface area (Å²) in [5.41, 5.74) is 0.680. The lowest BCUT2D eigenvalue weighted by molar-refractivity contribution is -0.137. The Morgan fingerprint density at radius 2 is 1.71 bits per heavy atom. The molecule has 0 rings (SSSR count). The highest BCUT2D eigenvalue weighted by Crippen LogP contribution is 2.07. The van der Waals surface area contributed by atoms with Crippen molar-refractivity contribution in [2.24, 2.45) is 0 Å². The monoisotopic (exact) mass is 302 g/mol. The molecule has 0 radical (unpaired) electrons. The second kappa shape index (κ2) is 13.2. The van der Waals surface area contributed by atoms with E-state index in [9.17, 15) is 9.59 Å². The first kappa shape index (κ1) is 21.5. The number of hydrogen-bond acceptors (Lipinski definition) is 6. The molecule has 0 fully saturated rings. The van der Waals surface area contributed by atoms with Gasteiger partial charge in [0.1, 0.15) is 0 Å². The number of aliphatic hydroxyl groups excluding tert-OH is 1. The van der Waals surface area contributed by atoms with Crippen molar-refractivity contribution in [1.29, 1.82) is 0 Å². The van der Waals surface area contributed by atoms with Crippen molar-refractivity contribution in [1.82, 2.24) is 0 Å². The molecular weight excluding hydrogens is 276 g/mol. The van der Waals surface area contributed by atoms with E-state index in [4.69, 9.17) is 9.84 Å². The van der Waals surface area contributed by atoms with E-state index in [0.717, 1.165) is 19.1 Å². The fourth-order valence-electron chi connectivity index (χ4n) is 1.16. The molecule has 0 aromatic carbocycles. The lowest BCUT2D eigenvalue weighted by Crippen LogP contribution is -2.16. The predicted molar refractivity (Wildman–Crippen MR) is 79.9 cm³/mol. The summed E-state index contributed by atoms with van der Waals surface area (Å²) in [5, 5.41) is 8.59. The van der Waals surface area contributed by atoms with Crippen LogP contribution in [0.2, 0.25) is 0 Å². The van der Waals surface area contributed by atoms with E-state index >= 15 is 0 Å². The quantitative estimate of drug-likeness (QED) is 0.442. The molecule has 0 bridgehead atoms. The zero-order valence-electron chi connectivity index (χ0n) is 13.5. The first-order valence-electron chi connectivity index (χ1n) is 6.60. The van der Waals surface area contributed by atoms with Gasteiger partial charge in [-0.05, 0) is 19.8 Å². The van der Waals surface area contributed by atoms with Crippen LogP contribution in [0.3, 0.4) is 0 Å². The molecule has 0 heterocycles. The number of unbranched alkanes of at least 4 members (excludes halogenated alkanes) is 1. The number of ether oxygens (including phenoxy) is 3. The molecule has 1 atom stereocenters. The van der Waals surface area contributed by atoms with Gasteiger partial charge in [-0.25, -0.2) is 9.59 Å². The van der Waals surface area contributed by atoms with Gasteiger partial charge in [0, 0.05) is 7.11 Å². The Bertz CT molecular complexity index is 359. The molecule has 0 saturated heterocycles. The molecule has 0 spiro atoms. The summed E-state index contributed by atoms with van der Waals surface area (Å²) in [6.07, 6.45) is 3.02. The smallest absolute Gasteiger partial charge is 0.336 e. The molecular formula is C15H26O6. The van der Waals surface area contributed by atoms with E-state index in [-0.39, 0.29) is 6.10 Å². The summed E-state index contributed by atoms with van der Waals surface area (Å²) in [5.74, 6) is -0.865. The topological polar surface area (TPSA) is 82.1 Å². The summed E-state index contributed by atoms with van der Waals surface area (Å²) < 4.78 is 13.7. The average Bonchev–Trinajstić information content (AvgIpc) is 2.53. The first-order valence-corrected chi connectivity index (χ1v) is 6.60. The van der Waals surface area contributed by atoms with Gasteiger partial charge in [0.05, 0.1) is 37.7 Å². The van der Waals surface area contributed by atoms with E-state index in [1.165, 1.54) is 21.3 Å². The van der Waals surface area contributed by atoms with E-state index in [2.05, 4.69) is 16.1 Å². The SMILES string of the molecule is C=C(C(=O)OC)C(C)OC.CCCCC(=CO)C(=O)OC. The Kier molecular flexibility index (Phi) is 13.5. The molecule has 0 aromatic heterocycles. The maximum absolute atomic E-state index is 10.8. The number of aliphatic hydroxyl groups is 1. The van der Waals surface area contributed by atoms with Crippen molar-refractivity contribution in [3.63, 3.8) is 0 Å². The average molecular weight is 302 g/mol. The lowest BCUT2D eigenvalue weighted by atomic mass is 10.1. The van der Waals surface area contributed by atoms with Crippen LogP contribution in [0.25, 0.3) is 0 Å². The van der Waals surface area contributed by atoms with Crippen molar-refractivity contribution in [2.75, 3.05) is 21.3 Å². The minimum Gasteiger partial charge on any atom is -0.515 e. The number of rotatable bonds is 7. The van der Waals surface area contributed by atoms with Gasteiger partial charge >= 0.3 is 11.9 Å². The van der Waals surface area contributed by atoms with Gasteiger partial charge in [0.2, 0.25) is 0 Å². The largest absolute Gasteiger partial charge is 0.515 e. The zero-order chi connectivity index (χ0) is 16.8. The van der Waals surface area contributed by atoms with Crippen molar-refractivity contribution in [3.05, 3.63) is 24.0 Å². The van der Waals surface area contributed by atoms with Crippen LogP contribution in [0, 0.1) is 0 Å². The summed E-state index contributed by atoms with van der Waals surface area (Å²) in [7, 11) is 4.13. The fraction of sp³-hybridized carbons (Fsp3) is 0.600. The highest BCUT2D eigenvalue weighted by Gasteiger charge is 2.13. The number of carbonyl (C=O) groups excluding carboxylic acids is 2. The highest BCUT2D eigenvalue weighted by molar-refractivity contribution is 5.88. The molecule has 0 amide bonds. The van der Waals surface area contributed by atoms with Gasteiger partial charge in [-0.1, -0.05) is 19.9 Å². The Labute approximate surface area is 126 Å². The van der Waals surface area contributed by atoms with Crippen molar-refractivity contribution >= 4 is 11.9 Å². The highest BCUT2D eigenvalue weighted by atomic mass is 16.5.